The maximum atomic E-state index is 12.8. The van der Waals surface area contributed by atoms with Crippen LogP contribution in [0, 0.1) is 0 Å². The first kappa shape index (κ1) is 18.6. The number of carbonyl (C=O) groups is 2. The summed E-state index contributed by atoms with van der Waals surface area (Å²) in [6, 6.07) is 4.26. The van der Waals surface area contributed by atoms with E-state index < -0.39 is 0 Å². The quantitative estimate of drug-likeness (QED) is 0.826. The van der Waals surface area contributed by atoms with Crippen molar-refractivity contribution in [1.82, 2.24) is 10.2 Å². The number of hydrogen-bond donors (Lipinski definition) is 2. The van der Waals surface area contributed by atoms with Crippen molar-refractivity contribution in [2.75, 3.05) is 25.0 Å². The summed E-state index contributed by atoms with van der Waals surface area (Å²) >= 11 is 6.13. The second-order valence-electron chi connectivity index (χ2n) is 7.70. The lowest BCUT2D eigenvalue weighted by molar-refractivity contribution is -0.118. The number of carbonyl (C=O) groups excluding carboxylic acids is 2. The van der Waals surface area contributed by atoms with Crippen molar-refractivity contribution in [3.63, 3.8) is 0 Å². The van der Waals surface area contributed by atoms with Gasteiger partial charge in [-0.2, -0.15) is 0 Å². The van der Waals surface area contributed by atoms with E-state index >= 15 is 0 Å². The van der Waals surface area contributed by atoms with Gasteiger partial charge in [0, 0.05) is 23.7 Å². The largest absolute Gasteiger partial charge is 0.481 e. The SMILES string of the molecule is O=C1COc2c(cc(Cl)cc2C(=O)NCC2CCCN2C2CCCCC2)N1. The molecule has 4 rings (SSSR count). The van der Waals surface area contributed by atoms with Crippen LogP contribution in [0.1, 0.15) is 55.3 Å². The molecule has 2 N–H and O–H groups in total. The summed E-state index contributed by atoms with van der Waals surface area (Å²) in [4.78, 5) is 26.9. The van der Waals surface area contributed by atoms with E-state index in [4.69, 9.17) is 16.3 Å². The lowest BCUT2D eigenvalue weighted by Gasteiger charge is -2.35. The average molecular weight is 392 g/mol. The summed E-state index contributed by atoms with van der Waals surface area (Å²) in [6.07, 6.45) is 8.85. The van der Waals surface area contributed by atoms with E-state index in [9.17, 15) is 9.59 Å². The lowest BCUT2D eigenvalue weighted by Crippen LogP contribution is -2.46. The predicted octanol–water partition coefficient (Wildman–Crippen LogP) is 3.20. The highest BCUT2D eigenvalue weighted by atomic mass is 35.5. The Bertz CT molecular complexity index is 733. The summed E-state index contributed by atoms with van der Waals surface area (Å²) in [6.45, 7) is 1.67. The van der Waals surface area contributed by atoms with Crippen molar-refractivity contribution in [2.24, 2.45) is 0 Å². The maximum Gasteiger partial charge on any atom is 0.262 e. The molecule has 7 heteroatoms. The smallest absolute Gasteiger partial charge is 0.262 e. The number of nitrogens with one attached hydrogen (secondary N) is 2. The van der Waals surface area contributed by atoms with E-state index in [2.05, 4.69) is 15.5 Å². The number of halogens is 1. The number of hydrogen-bond acceptors (Lipinski definition) is 4. The van der Waals surface area contributed by atoms with Gasteiger partial charge >= 0.3 is 0 Å². The monoisotopic (exact) mass is 391 g/mol. The average Bonchev–Trinajstić information content (AvgIpc) is 3.14. The normalized spacial score (nSPS) is 23.4. The van der Waals surface area contributed by atoms with Crippen LogP contribution in [0.15, 0.2) is 12.1 Å². The third-order valence-corrected chi connectivity index (χ3v) is 6.10. The first-order valence-corrected chi connectivity index (χ1v) is 10.3. The van der Waals surface area contributed by atoms with Gasteiger partial charge in [0.05, 0.1) is 11.3 Å². The molecule has 2 amide bonds. The topological polar surface area (TPSA) is 70.7 Å². The molecule has 2 fully saturated rings. The van der Waals surface area contributed by atoms with Gasteiger partial charge in [-0.1, -0.05) is 30.9 Å². The fourth-order valence-corrected chi connectivity index (χ4v) is 4.83. The van der Waals surface area contributed by atoms with Crippen LogP contribution >= 0.6 is 11.6 Å². The molecule has 0 radical (unpaired) electrons. The Morgan fingerprint density at radius 1 is 1.22 bits per heavy atom. The Kier molecular flexibility index (Phi) is 5.55. The van der Waals surface area contributed by atoms with E-state index in [0.29, 0.717) is 40.7 Å². The number of fused-ring (bicyclic) bond motifs is 1. The van der Waals surface area contributed by atoms with E-state index in [1.54, 1.807) is 12.1 Å². The van der Waals surface area contributed by atoms with E-state index in [1.807, 2.05) is 0 Å². The minimum atomic E-state index is -0.245. The molecule has 1 unspecified atom stereocenters. The van der Waals surface area contributed by atoms with E-state index in [0.717, 1.165) is 13.0 Å². The molecule has 0 spiro atoms. The maximum absolute atomic E-state index is 12.8. The van der Waals surface area contributed by atoms with Gasteiger partial charge in [-0.15, -0.1) is 0 Å². The number of ether oxygens (including phenoxy) is 1. The molecule has 3 aliphatic rings. The highest BCUT2D eigenvalue weighted by molar-refractivity contribution is 6.31. The van der Waals surface area contributed by atoms with Crippen LogP contribution in [-0.4, -0.2) is 48.5 Å². The highest BCUT2D eigenvalue weighted by Gasteiger charge is 2.32. The molecule has 1 atom stereocenters. The summed E-state index contributed by atoms with van der Waals surface area (Å²) < 4.78 is 5.49. The predicted molar refractivity (Wildman–Crippen MR) is 105 cm³/mol. The zero-order chi connectivity index (χ0) is 18.8. The van der Waals surface area contributed by atoms with Crippen molar-refractivity contribution < 1.29 is 14.3 Å². The Morgan fingerprint density at radius 2 is 2.04 bits per heavy atom. The number of likely N-dealkylation sites (tertiary alicyclic amines) is 1. The molecular formula is C20H26ClN3O3. The number of amides is 2. The molecule has 6 nitrogen and oxygen atoms in total. The van der Waals surface area contributed by atoms with Gasteiger partial charge in [-0.05, 0) is 44.4 Å². The fraction of sp³-hybridized carbons (Fsp3) is 0.600. The van der Waals surface area contributed by atoms with Gasteiger partial charge < -0.3 is 15.4 Å². The fourth-order valence-electron chi connectivity index (χ4n) is 4.61. The van der Waals surface area contributed by atoms with E-state index in [-0.39, 0.29) is 18.4 Å². The van der Waals surface area contributed by atoms with Crippen LogP contribution in [0.25, 0.3) is 0 Å². The zero-order valence-electron chi connectivity index (χ0n) is 15.4. The van der Waals surface area contributed by atoms with Crippen LogP contribution in [0.5, 0.6) is 5.75 Å². The third kappa shape index (κ3) is 4.06. The van der Waals surface area contributed by atoms with Gasteiger partial charge in [0.15, 0.2) is 12.4 Å². The Balaban J connectivity index is 1.43. The molecule has 146 valence electrons. The molecular weight excluding hydrogens is 366 g/mol. The zero-order valence-corrected chi connectivity index (χ0v) is 16.2. The van der Waals surface area contributed by atoms with Crippen molar-refractivity contribution >= 4 is 29.1 Å². The molecule has 1 aliphatic carbocycles. The Morgan fingerprint density at radius 3 is 2.85 bits per heavy atom. The molecule has 1 aromatic carbocycles. The summed E-state index contributed by atoms with van der Waals surface area (Å²) in [5, 5.41) is 6.17. The molecule has 1 saturated heterocycles. The summed E-state index contributed by atoms with van der Waals surface area (Å²) in [7, 11) is 0. The number of benzene rings is 1. The van der Waals surface area contributed by atoms with Gasteiger partial charge in [0.2, 0.25) is 0 Å². The number of nitrogens with zero attached hydrogens (tertiary/aromatic N) is 1. The number of rotatable bonds is 4. The van der Waals surface area contributed by atoms with Crippen LogP contribution in [0.2, 0.25) is 5.02 Å². The van der Waals surface area contributed by atoms with Crippen molar-refractivity contribution in [3.05, 3.63) is 22.7 Å². The van der Waals surface area contributed by atoms with Crippen molar-refractivity contribution in [1.29, 1.82) is 0 Å². The molecule has 27 heavy (non-hydrogen) atoms. The second kappa shape index (κ2) is 8.07. The van der Waals surface area contributed by atoms with Crippen LogP contribution < -0.4 is 15.4 Å². The van der Waals surface area contributed by atoms with E-state index in [1.165, 1.54) is 38.5 Å². The summed E-state index contributed by atoms with van der Waals surface area (Å²) in [5.74, 6) is -0.0577. The summed E-state index contributed by atoms with van der Waals surface area (Å²) in [5.41, 5.74) is 0.827. The first-order chi connectivity index (χ1) is 13.1. The van der Waals surface area contributed by atoms with Crippen molar-refractivity contribution in [2.45, 2.75) is 57.0 Å². The Labute approximate surface area is 164 Å². The Hall–Kier alpha value is -1.79. The molecule has 2 aliphatic heterocycles. The van der Waals surface area contributed by atoms with Gasteiger partial charge in [-0.25, -0.2) is 0 Å². The molecule has 0 aromatic heterocycles. The second-order valence-corrected chi connectivity index (χ2v) is 8.14. The standard InChI is InChI=1S/C20H26ClN3O3/c21-13-9-16(19-17(10-13)23-18(25)12-27-19)20(26)22-11-15-7-4-8-24(15)14-5-2-1-3-6-14/h9-10,14-15H,1-8,11-12H2,(H,22,26)(H,23,25). The van der Waals surface area contributed by atoms with Crippen molar-refractivity contribution in [3.8, 4) is 5.75 Å². The van der Waals surface area contributed by atoms with Crippen LogP contribution in [0.3, 0.4) is 0 Å². The van der Waals surface area contributed by atoms with Gasteiger partial charge in [0.1, 0.15) is 0 Å². The third-order valence-electron chi connectivity index (χ3n) is 5.88. The van der Waals surface area contributed by atoms with Gasteiger partial charge in [-0.3, -0.25) is 14.5 Å². The van der Waals surface area contributed by atoms with Crippen LogP contribution in [0.4, 0.5) is 5.69 Å². The molecule has 0 bridgehead atoms. The number of anilines is 1. The van der Waals surface area contributed by atoms with Gasteiger partial charge in [0.25, 0.3) is 11.8 Å². The highest BCUT2D eigenvalue weighted by Crippen LogP contribution is 2.35. The molecule has 1 aromatic rings. The minimum Gasteiger partial charge on any atom is -0.481 e. The molecule has 1 saturated carbocycles. The first-order valence-electron chi connectivity index (χ1n) is 9.92. The lowest BCUT2D eigenvalue weighted by atomic mass is 9.94. The minimum absolute atomic E-state index is 0.0903. The molecule has 2 heterocycles. The van der Waals surface area contributed by atoms with Crippen LogP contribution in [-0.2, 0) is 4.79 Å².